The van der Waals surface area contributed by atoms with E-state index in [0.29, 0.717) is 36.9 Å². The van der Waals surface area contributed by atoms with Crippen LogP contribution in [-0.4, -0.2) is 50.1 Å². The molecule has 0 saturated heterocycles. The average Bonchev–Trinajstić information content (AvgIpc) is 3.47. The molecule has 2 aromatic rings. The highest BCUT2D eigenvalue weighted by Gasteiger charge is 2.33. The van der Waals surface area contributed by atoms with Gasteiger partial charge in [0, 0.05) is 20.5 Å². The van der Waals surface area contributed by atoms with Crippen LogP contribution in [0.1, 0.15) is 31.0 Å². The first-order valence-corrected chi connectivity index (χ1v) is 13.1. The number of thiophene rings is 2. The van der Waals surface area contributed by atoms with Gasteiger partial charge in [-0.2, -0.15) is 0 Å². The molecule has 0 fully saturated rings. The first-order chi connectivity index (χ1) is 15.0. The molecule has 6 heterocycles. The molecule has 9 heteroatoms. The van der Waals surface area contributed by atoms with E-state index in [0.717, 1.165) is 47.7 Å². The Morgan fingerprint density at radius 2 is 1.06 bits per heavy atom. The average molecular weight is 501 g/mol. The molecule has 0 bridgehead atoms. The molecule has 0 spiro atoms. The van der Waals surface area contributed by atoms with E-state index in [-0.39, 0.29) is 7.43 Å². The van der Waals surface area contributed by atoms with E-state index in [1.165, 1.54) is 9.75 Å². The number of rotatable bonds is 0. The number of fused-ring (bicyclic) bond motifs is 2. The van der Waals surface area contributed by atoms with Crippen LogP contribution in [0, 0.1) is 13.8 Å². The van der Waals surface area contributed by atoms with E-state index in [9.17, 15) is 0 Å². The number of aryl methyl sites for hydroxylation is 2. The zero-order valence-electron chi connectivity index (χ0n) is 18.2. The molecule has 2 aromatic heterocycles. The van der Waals surface area contributed by atoms with Crippen LogP contribution in [0.2, 0.25) is 0 Å². The van der Waals surface area contributed by atoms with E-state index in [2.05, 4.69) is 27.7 Å². The molecule has 4 aliphatic rings. The van der Waals surface area contributed by atoms with E-state index in [1.54, 1.807) is 22.7 Å². The van der Waals surface area contributed by atoms with Gasteiger partial charge in [-0.1, -0.05) is 7.43 Å². The van der Waals surface area contributed by atoms with Crippen molar-refractivity contribution in [2.75, 3.05) is 39.6 Å². The Hall–Kier alpha value is -1.71. The quantitative estimate of drug-likeness (QED) is 0.436. The molecule has 2 unspecified atom stereocenters. The van der Waals surface area contributed by atoms with Crippen molar-refractivity contribution in [2.24, 2.45) is 0 Å². The minimum Gasteiger partial charge on any atom is -0.490 e. The monoisotopic (exact) mass is 500 g/mol. The van der Waals surface area contributed by atoms with Gasteiger partial charge in [-0.15, -0.1) is 34.4 Å². The third-order valence-corrected chi connectivity index (χ3v) is 7.84. The summed E-state index contributed by atoms with van der Waals surface area (Å²) in [6, 6.07) is 0. The molecule has 4 aliphatic heterocycles. The summed E-state index contributed by atoms with van der Waals surface area (Å²) in [6.07, 6.45) is 0. The maximum absolute atomic E-state index is 5.52. The summed E-state index contributed by atoms with van der Waals surface area (Å²) in [6.45, 7) is 12.6. The van der Waals surface area contributed by atoms with Crippen LogP contribution < -0.4 is 18.9 Å². The molecule has 0 saturated carbocycles. The normalized spacial score (nSPS) is 22.0. The van der Waals surface area contributed by atoms with Gasteiger partial charge in [0.1, 0.15) is 51.2 Å². The van der Waals surface area contributed by atoms with Crippen molar-refractivity contribution in [1.82, 2.24) is 0 Å². The van der Waals surface area contributed by atoms with Gasteiger partial charge in [-0.05, 0) is 27.7 Å². The molecule has 0 aliphatic carbocycles. The lowest BCUT2D eigenvalue weighted by atomic mass is 10.2. The van der Waals surface area contributed by atoms with Crippen molar-refractivity contribution in [3.63, 3.8) is 0 Å². The number of hydrogen-bond donors (Lipinski definition) is 0. The maximum atomic E-state index is 5.52. The van der Waals surface area contributed by atoms with Gasteiger partial charge in [0.15, 0.2) is 23.0 Å². The Bertz CT molecular complexity index is 852. The second kappa shape index (κ2) is 11.4. The molecular weight excluding hydrogens is 468 g/mol. The van der Waals surface area contributed by atoms with Crippen molar-refractivity contribution in [3.8, 4) is 23.0 Å². The van der Waals surface area contributed by atoms with Crippen molar-refractivity contribution in [1.29, 1.82) is 0 Å². The molecule has 0 radical (unpaired) electrons. The molecule has 0 aromatic carbocycles. The van der Waals surface area contributed by atoms with E-state index >= 15 is 0 Å². The first-order valence-electron chi connectivity index (χ1n) is 10.4. The SMILES string of the molecule is C.CC1SC(C)C2=C1OCCO2.Cc1sc(C)c2c1OCCO2.c1scc2c1OCCO2. The Morgan fingerprint density at radius 1 is 0.656 bits per heavy atom. The van der Waals surface area contributed by atoms with Crippen molar-refractivity contribution < 1.29 is 28.4 Å². The number of ether oxygens (including phenoxy) is 6. The fourth-order valence-electron chi connectivity index (χ4n) is 3.56. The minimum absolute atomic E-state index is 0. The second-order valence-electron chi connectivity index (χ2n) is 7.21. The Balaban J connectivity index is 0.000000134. The van der Waals surface area contributed by atoms with Crippen LogP contribution >= 0.6 is 34.4 Å². The highest BCUT2D eigenvalue weighted by Crippen LogP contribution is 2.43. The Kier molecular flexibility index (Phi) is 8.90. The second-order valence-corrected chi connectivity index (χ2v) is 11.1. The fourth-order valence-corrected chi connectivity index (χ4v) is 6.42. The van der Waals surface area contributed by atoms with Gasteiger partial charge in [0.05, 0.1) is 10.5 Å². The third kappa shape index (κ3) is 5.61. The third-order valence-electron chi connectivity index (χ3n) is 4.91. The summed E-state index contributed by atoms with van der Waals surface area (Å²) in [5.41, 5.74) is 0. The summed E-state index contributed by atoms with van der Waals surface area (Å²) < 4.78 is 32.5. The van der Waals surface area contributed by atoms with E-state index in [1.807, 2.05) is 22.5 Å². The van der Waals surface area contributed by atoms with Gasteiger partial charge in [-0.3, -0.25) is 0 Å². The van der Waals surface area contributed by atoms with E-state index < -0.39 is 0 Å². The zero-order valence-corrected chi connectivity index (χ0v) is 20.7. The summed E-state index contributed by atoms with van der Waals surface area (Å²) in [5.74, 6) is 5.86. The molecule has 32 heavy (non-hydrogen) atoms. The van der Waals surface area contributed by atoms with Gasteiger partial charge in [0.25, 0.3) is 0 Å². The van der Waals surface area contributed by atoms with Crippen LogP contribution in [0.3, 0.4) is 0 Å². The van der Waals surface area contributed by atoms with Gasteiger partial charge < -0.3 is 28.4 Å². The molecule has 178 valence electrons. The fraction of sp³-hybridized carbons (Fsp3) is 0.565. The maximum Gasteiger partial charge on any atom is 0.175 e. The molecule has 6 nitrogen and oxygen atoms in total. The topological polar surface area (TPSA) is 55.4 Å². The highest BCUT2D eigenvalue weighted by atomic mass is 32.2. The Morgan fingerprint density at radius 3 is 1.53 bits per heavy atom. The van der Waals surface area contributed by atoms with E-state index in [4.69, 9.17) is 28.4 Å². The van der Waals surface area contributed by atoms with Gasteiger partial charge in [0.2, 0.25) is 0 Å². The molecule has 2 atom stereocenters. The minimum atomic E-state index is 0. The Labute approximate surface area is 202 Å². The predicted octanol–water partition coefficient (Wildman–Crippen LogP) is 6.06. The largest absolute Gasteiger partial charge is 0.490 e. The summed E-state index contributed by atoms with van der Waals surface area (Å²) in [7, 11) is 0. The molecule has 0 amide bonds. The van der Waals surface area contributed by atoms with Crippen LogP contribution in [0.15, 0.2) is 22.3 Å². The van der Waals surface area contributed by atoms with Crippen molar-refractivity contribution in [2.45, 2.75) is 45.6 Å². The lowest BCUT2D eigenvalue weighted by molar-refractivity contribution is 0.0609. The zero-order chi connectivity index (χ0) is 21.8. The molecular formula is C23H32O6S3. The lowest BCUT2D eigenvalue weighted by Gasteiger charge is -2.19. The van der Waals surface area contributed by atoms with Crippen molar-refractivity contribution >= 4 is 34.4 Å². The smallest absolute Gasteiger partial charge is 0.175 e. The van der Waals surface area contributed by atoms with Crippen LogP contribution in [-0.2, 0) is 9.47 Å². The van der Waals surface area contributed by atoms with Gasteiger partial charge in [-0.25, -0.2) is 0 Å². The summed E-state index contributed by atoms with van der Waals surface area (Å²) >= 11 is 5.24. The summed E-state index contributed by atoms with van der Waals surface area (Å²) in [4.78, 5) is 2.44. The van der Waals surface area contributed by atoms with Crippen LogP contribution in [0.25, 0.3) is 0 Å². The lowest BCUT2D eigenvalue weighted by Crippen LogP contribution is -2.16. The first kappa shape index (κ1) is 24.9. The van der Waals surface area contributed by atoms with Gasteiger partial charge >= 0.3 is 0 Å². The standard InChI is InChI=1S/C8H12O2S.C8H10O2S.C6H6O2S.CH4/c2*1-5-7-8(6(2)11-5)10-4-3-9-7;1-2-8-6-4-9-3-5(6)7-1;/h5-6H,3-4H2,1-2H3;3-4H2,1-2H3;3-4H,1-2H2;1H4. The highest BCUT2D eigenvalue weighted by molar-refractivity contribution is 8.01. The number of thioether (sulfide) groups is 1. The summed E-state index contributed by atoms with van der Waals surface area (Å²) in [5, 5.41) is 4.88. The van der Waals surface area contributed by atoms with Crippen LogP contribution in [0.4, 0.5) is 0 Å². The molecule has 6 rings (SSSR count). The van der Waals surface area contributed by atoms with Crippen molar-refractivity contribution in [3.05, 3.63) is 32.0 Å². The van der Waals surface area contributed by atoms with Crippen LogP contribution in [0.5, 0.6) is 23.0 Å². The predicted molar refractivity (Wildman–Crippen MR) is 132 cm³/mol. The number of hydrogen-bond acceptors (Lipinski definition) is 9. The molecule has 0 N–H and O–H groups in total.